The standard InChI is InChI=1S/C14H15BrN2/c1-9-4-5-10(2)13(8-9)17-14-7-6-12(15)11(3)16-14/h4-8H,1-3H3,(H,16,17). The number of rotatable bonds is 2. The van der Waals surface area contributed by atoms with Crippen LogP contribution in [0.5, 0.6) is 0 Å². The monoisotopic (exact) mass is 290 g/mol. The SMILES string of the molecule is Cc1ccc(C)c(Nc2ccc(Br)c(C)n2)c1. The lowest BCUT2D eigenvalue weighted by Gasteiger charge is -2.10. The summed E-state index contributed by atoms with van der Waals surface area (Å²) in [6.45, 7) is 6.16. The van der Waals surface area contributed by atoms with E-state index in [9.17, 15) is 0 Å². The number of aromatic nitrogens is 1. The maximum absolute atomic E-state index is 4.48. The first-order valence-electron chi connectivity index (χ1n) is 5.53. The second kappa shape index (κ2) is 4.88. The Balaban J connectivity index is 2.31. The van der Waals surface area contributed by atoms with Gasteiger partial charge in [-0.1, -0.05) is 12.1 Å². The number of pyridine rings is 1. The third-order valence-corrected chi connectivity index (χ3v) is 3.52. The van der Waals surface area contributed by atoms with E-state index >= 15 is 0 Å². The van der Waals surface area contributed by atoms with Gasteiger partial charge >= 0.3 is 0 Å². The molecule has 0 bridgehead atoms. The van der Waals surface area contributed by atoms with Gasteiger partial charge in [-0.2, -0.15) is 0 Å². The highest BCUT2D eigenvalue weighted by Crippen LogP contribution is 2.22. The van der Waals surface area contributed by atoms with Crippen LogP contribution in [0.4, 0.5) is 11.5 Å². The number of halogens is 1. The molecule has 0 aliphatic rings. The number of aryl methyl sites for hydroxylation is 3. The normalized spacial score (nSPS) is 10.4. The van der Waals surface area contributed by atoms with E-state index in [1.165, 1.54) is 11.1 Å². The van der Waals surface area contributed by atoms with Gasteiger partial charge in [-0.25, -0.2) is 4.98 Å². The summed E-state index contributed by atoms with van der Waals surface area (Å²) in [6.07, 6.45) is 0. The summed E-state index contributed by atoms with van der Waals surface area (Å²) in [5.41, 5.74) is 4.56. The lowest BCUT2D eigenvalue weighted by Crippen LogP contribution is -1.97. The summed E-state index contributed by atoms with van der Waals surface area (Å²) >= 11 is 3.45. The van der Waals surface area contributed by atoms with E-state index in [1.54, 1.807) is 0 Å². The van der Waals surface area contributed by atoms with E-state index in [4.69, 9.17) is 0 Å². The fourth-order valence-electron chi connectivity index (χ4n) is 1.62. The molecule has 0 unspecified atom stereocenters. The quantitative estimate of drug-likeness (QED) is 0.880. The molecule has 1 N–H and O–H groups in total. The van der Waals surface area contributed by atoms with Gasteiger partial charge in [0.25, 0.3) is 0 Å². The average molecular weight is 291 g/mol. The van der Waals surface area contributed by atoms with E-state index in [0.29, 0.717) is 0 Å². The van der Waals surface area contributed by atoms with Crippen LogP contribution < -0.4 is 5.32 Å². The van der Waals surface area contributed by atoms with Crippen LogP contribution in [-0.4, -0.2) is 4.98 Å². The molecule has 0 fully saturated rings. The zero-order valence-electron chi connectivity index (χ0n) is 10.2. The smallest absolute Gasteiger partial charge is 0.130 e. The summed E-state index contributed by atoms with van der Waals surface area (Å²) in [7, 11) is 0. The minimum Gasteiger partial charge on any atom is -0.340 e. The Morgan fingerprint density at radius 3 is 2.53 bits per heavy atom. The van der Waals surface area contributed by atoms with Gasteiger partial charge in [0, 0.05) is 10.2 Å². The molecule has 0 radical (unpaired) electrons. The third-order valence-electron chi connectivity index (χ3n) is 2.68. The Morgan fingerprint density at radius 1 is 1.06 bits per heavy atom. The summed E-state index contributed by atoms with van der Waals surface area (Å²) in [5.74, 6) is 0.874. The average Bonchev–Trinajstić information content (AvgIpc) is 2.29. The number of anilines is 2. The van der Waals surface area contributed by atoms with Crippen molar-refractivity contribution in [2.24, 2.45) is 0 Å². The molecule has 0 saturated carbocycles. The maximum Gasteiger partial charge on any atom is 0.130 e. The van der Waals surface area contributed by atoms with Gasteiger partial charge in [0.05, 0.1) is 5.69 Å². The summed E-state index contributed by atoms with van der Waals surface area (Å²) in [5, 5.41) is 3.35. The van der Waals surface area contributed by atoms with Crippen molar-refractivity contribution in [2.45, 2.75) is 20.8 Å². The number of nitrogens with zero attached hydrogens (tertiary/aromatic N) is 1. The van der Waals surface area contributed by atoms with Crippen molar-refractivity contribution in [2.75, 3.05) is 5.32 Å². The molecular formula is C14H15BrN2. The van der Waals surface area contributed by atoms with Crippen molar-refractivity contribution in [3.63, 3.8) is 0 Å². The van der Waals surface area contributed by atoms with Crippen LogP contribution in [0.1, 0.15) is 16.8 Å². The van der Waals surface area contributed by atoms with Crippen molar-refractivity contribution >= 4 is 27.4 Å². The largest absolute Gasteiger partial charge is 0.340 e. The van der Waals surface area contributed by atoms with Gasteiger partial charge in [0.2, 0.25) is 0 Å². The van der Waals surface area contributed by atoms with Crippen molar-refractivity contribution in [3.05, 3.63) is 51.6 Å². The first-order chi connectivity index (χ1) is 8.06. The van der Waals surface area contributed by atoms with Gasteiger partial charge in [0.1, 0.15) is 5.82 Å². The summed E-state index contributed by atoms with van der Waals surface area (Å²) < 4.78 is 1.03. The van der Waals surface area contributed by atoms with Crippen LogP contribution in [0.3, 0.4) is 0 Å². The zero-order chi connectivity index (χ0) is 12.4. The zero-order valence-corrected chi connectivity index (χ0v) is 11.8. The van der Waals surface area contributed by atoms with Gasteiger partial charge in [-0.3, -0.25) is 0 Å². The molecule has 0 aliphatic heterocycles. The van der Waals surface area contributed by atoms with E-state index in [-0.39, 0.29) is 0 Å². The minimum atomic E-state index is 0.874. The number of hydrogen-bond donors (Lipinski definition) is 1. The number of nitrogens with one attached hydrogen (secondary N) is 1. The second-order valence-electron chi connectivity index (χ2n) is 4.21. The molecule has 2 rings (SSSR count). The van der Waals surface area contributed by atoms with Crippen molar-refractivity contribution < 1.29 is 0 Å². The molecule has 1 aromatic heterocycles. The molecule has 2 aromatic rings. The Hall–Kier alpha value is -1.35. The van der Waals surface area contributed by atoms with Crippen molar-refractivity contribution in [1.29, 1.82) is 0 Å². The third kappa shape index (κ3) is 2.86. The summed E-state index contributed by atoms with van der Waals surface area (Å²) in [4.78, 5) is 4.48. The van der Waals surface area contributed by atoms with E-state index in [2.05, 4.69) is 58.3 Å². The highest BCUT2D eigenvalue weighted by Gasteiger charge is 2.02. The molecule has 1 heterocycles. The molecular weight excluding hydrogens is 276 g/mol. The maximum atomic E-state index is 4.48. The molecule has 0 spiro atoms. The van der Waals surface area contributed by atoms with Crippen LogP contribution in [0.15, 0.2) is 34.8 Å². The van der Waals surface area contributed by atoms with Crippen LogP contribution in [0, 0.1) is 20.8 Å². The Labute approximate surface area is 110 Å². The summed E-state index contributed by atoms with van der Waals surface area (Å²) in [6, 6.07) is 10.3. The lowest BCUT2D eigenvalue weighted by molar-refractivity contribution is 1.18. The highest BCUT2D eigenvalue weighted by atomic mass is 79.9. The van der Waals surface area contributed by atoms with Gasteiger partial charge in [-0.15, -0.1) is 0 Å². The second-order valence-corrected chi connectivity index (χ2v) is 5.06. The predicted octanol–water partition coefficient (Wildman–Crippen LogP) is 4.51. The topological polar surface area (TPSA) is 24.9 Å². The predicted molar refractivity (Wildman–Crippen MR) is 75.9 cm³/mol. The lowest BCUT2D eigenvalue weighted by atomic mass is 10.1. The van der Waals surface area contributed by atoms with Crippen LogP contribution in [0.2, 0.25) is 0 Å². The molecule has 0 saturated heterocycles. The Bertz CT molecular complexity index is 550. The fourth-order valence-corrected chi connectivity index (χ4v) is 1.84. The highest BCUT2D eigenvalue weighted by molar-refractivity contribution is 9.10. The first-order valence-corrected chi connectivity index (χ1v) is 6.33. The minimum absolute atomic E-state index is 0.874. The van der Waals surface area contributed by atoms with Gasteiger partial charge in [-0.05, 0) is 66.0 Å². The van der Waals surface area contributed by atoms with Gasteiger partial charge < -0.3 is 5.32 Å². The van der Waals surface area contributed by atoms with Crippen LogP contribution >= 0.6 is 15.9 Å². The molecule has 88 valence electrons. The molecule has 17 heavy (non-hydrogen) atoms. The van der Waals surface area contributed by atoms with Crippen molar-refractivity contribution in [1.82, 2.24) is 4.98 Å². The molecule has 0 amide bonds. The van der Waals surface area contributed by atoms with Crippen LogP contribution in [0.25, 0.3) is 0 Å². The molecule has 0 aliphatic carbocycles. The Kier molecular flexibility index (Phi) is 3.48. The molecule has 1 aromatic carbocycles. The first kappa shape index (κ1) is 12.1. The number of hydrogen-bond acceptors (Lipinski definition) is 2. The van der Waals surface area contributed by atoms with E-state index in [0.717, 1.165) is 21.7 Å². The van der Waals surface area contributed by atoms with E-state index in [1.807, 2.05) is 19.1 Å². The number of benzene rings is 1. The molecule has 2 nitrogen and oxygen atoms in total. The Morgan fingerprint density at radius 2 is 1.82 bits per heavy atom. The van der Waals surface area contributed by atoms with E-state index < -0.39 is 0 Å². The van der Waals surface area contributed by atoms with Crippen LogP contribution in [-0.2, 0) is 0 Å². The molecule has 3 heteroatoms. The molecule has 0 atom stereocenters. The fraction of sp³-hybridized carbons (Fsp3) is 0.214. The van der Waals surface area contributed by atoms with Crippen molar-refractivity contribution in [3.8, 4) is 0 Å². The van der Waals surface area contributed by atoms with Gasteiger partial charge in [0.15, 0.2) is 0 Å².